The SMILES string of the molecule is C#CC=CC=C(C)c1ccccc1N(c1ccc2c(c1)C1(c3ccccc3-c3ccccc31)c1ccccc1-2)c1cccc2c1oc1ccccc12. The molecular weight excluding hydrogens is 631 g/mol. The molecule has 0 amide bonds. The molecule has 10 rings (SSSR count). The lowest BCUT2D eigenvalue weighted by Gasteiger charge is -2.32. The summed E-state index contributed by atoms with van der Waals surface area (Å²) in [5, 5.41) is 2.19. The van der Waals surface area contributed by atoms with Crippen molar-refractivity contribution in [2.24, 2.45) is 0 Å². The average molecular weight is 664 g/mol. The second-order valence-electron chi connectivity index (χ2n) is 13.6. The molecule has 0 unspecified atom stereocenters. The van der Waals surface area contributed by atoms with Gasteiger partial charge in [-0.15, -0.1) is 6.42 Å². The fourth-order valence-electron chi connectivity index (χ4n) is 8.88. The van der Waals surface area contributed by atoms with Crippen LogP contribution >= 0.6 is 0 Å². The van der Waals surface area contributed by atoms with Gasteiger partial charge in [-0.05, 0) is 93.4 Å². The minimum absolute atomic E-state index is 0.457. The molecule has 2 nitrogen and oxygen atoms in total. The van der Waals surface area contributed by atoms with Gasteiger partial charge in [-0.1, -0.05) is 145 Å². The van der Waals surface area contributed by atoms with Crippen LogP contribution in [0, 0.1) is 12.3 Å². The average Bonchev–Trinajstić information content (AvgIpc) is 3.83. The van der Waals surface area contributed by atoms with Crippen LogP contribution in [0.25, 0.3) is 49.8 Å². The second-order valence-corrected chi connectivity index (χ2v) is 13.6. The molecule has 244 valence electrons. The van der Waals surface area contributed by atoms with Gasteiger partial charge in [-0.3, -0.25) is 0 Å². The van der Waals surface area contributed by atoms with Crippen LogP contribution in [0.15, 0.2) is 180 Å². The van der Waals surface area contributed by atoms with Gasteiger partial charge in [0.05, 0.1) is 16.8 Å². The lowest BCUT2D eigenvalue weighted by Crippen LogP contribution is -2.26. The van der Waals surface area contributed by atoms with Crippen LogP contribution in [0.5, 0.6) is 0 Å². The molecule has 7 aromatic carbocycles. The first-order valence-corrected chi connectivity index (χ1v) is 17.7. The minimum atomic E-state index is -0.457. The maximum absolute atomic E-state index is 6.73. The summed E-state index contributed by atoms with van der Waals surface area (Å²) in [6, 6.07) is 57.3. The quantitative estimate of drug-likeness (QED) is 0.135. The molecule has 52 heavy (non-hydrogen) atoms. The molecule has 2 aliphatic rings. The molecule has 1 spiro atoms. The lowest BCUT2D eigenvalue weighted by atomic mass is 9.70. The number of allylic oxidation sites excluding steroid dienone is 4. The number of furan rings is 1. The monoisotopic (exact) mass is 663 g/mol. The third kappa shape index (κ3) is 4.14. The van der Waals surface area contributed by atoms with Crippen molar-refractivity contribution in [3.8, 4) is 34.6 Å². The highest BCUT2D eigenvalue weighted by Crippen LogP contribution is 2.63. The molecule has 0 fully saturated rings. The van der Waals surface area contributed by atoms with E-state index in [0.717, 1.165) is 50.1 Å². The van der Waals surface area contributed by atoms with Crippen molar-refractivity contribution in [2.45, 2.75) is 12.3 Å². The highest BCUT2D eigenvalue weighted by Gasteiger charge is 2.51. The van der Waals surface area contributed by atoms with Crippen LogP contribution in [-0.2, 0) is 5.41 Å². The van der Waals surface area contributed by atoms with Gasteiger partial charge in [-0.25, -0.2) is 0 Å². The van der Waals surface area contributed by atoms with E-state index >= 15 is 0 Å². The molecule has 0 saturated heterocycles. The number of anilines is 3. The van der Waals surface area contributed by atoms with E-state index < -0.39 is 5.41 Å². The van der Waals surface area contributed by atoms with Gasteiger partial charge in [0.15, 0.2) is 5.58 Å². The Kier molecular flexibility index (Phi) is 6.72. The summed E-state index contributed by atoms with van der Waals surface area (Å²) in [6.07, 6.45) is 11.3. The van der Waals surface area contributed by atoms with Crippen LogP contribution in [0.4, 0.5) is 17.1 Å². The van der Waals surface area contributed by atoms with Crippen LogP contribution in [0.3, 0.4) is 0 Å². The van der Waals surface area contributed by atoms with Gasteiger partial charge in [0.25, 0.3) is 0 Å². The van der Waals surface area contributed by atoms with Gasteiger partial charge >= 0.3 is 0 Å². The predicted octanol–water partition coefficient (Wildman–Crippen LogP) is 13.0. The number of hydrogen-bond acceptors (Lipinski definition) is 2. The Labute approximate surface area is 303 Å². The first kappa shape index (κ1) is 30.0. The van der Waals surface area contributed by atoms with Crippen molar-refractivity contribution in [3.63, 3.8) is 0 Å². The molecule has 2 heteroatoms. The molecule has 0 saturated carbocycles. The standard InChI is InChI=1S/C50H33NO/c1-3-4-5-17-33(2)35-18-9-14-27-46(35)51(47-28-16-23-41-40-22-10-15-29-48(40)52-49(41)47)34-30-31-39-38-21-8-13-26-44(38)50(45(39)32-34)42-24-11-6-19-36(42)37-20-7-12-25-43(37)50/h1,4-32H,2H3. The zero-order valence-corrected chi connectivity index (χ0v) is 28.7. The van der Waals surface area contributed by atoms with E-state index in [1.165, 1.54) is 44.5 Å². The Bertz CT molecular complexity index is 2780. The third-order valence-corrected chi connectivity index (χ3v) is 11.0. The highest BCUT2D eigenvalue weighted by molar-refractivity contribution is 6.10. The lowest BCUT2D eigenvalue weighted by molar-refractivity contribution is 0.669. The number of para-hydroxylation sites is 3. The number of terminal acetylenes is 1. The predicted molar refractivity (Wildman–Crippen MR) is 216 cm³/mol. The Hall–Kier alpha value is -6.82. The fourth-order valence-corrected chi connectivity index (χ4v) is 8.88. The van der Waals surface area contributed by atoms with E-state index in [4.69, 9.17) is 10.8 Å². The first-order chi connectivity index (χ1) is 25.7. The Balaban J connectivity index is 1.29. The number of benzene rings is 7. The molecule has 1 aromatic heterocycles. The van der Waals surface area contributed by atoms with E-state index in [1.807, 2.05) is 18.2 Å². The third-order valence-electron chi connectivity index (χ3n) is 11.0. The first-order valence-electron chi connectivity index (χ1n) is 17.7. The fraction of sp³-hybridized carbons (Fsp3) is 0.0400. The van der Waals surface area contributed by atoms with Gasteiger partial charge < -0.3 is 9.32 Å². The van der Waals surface area contributed by atoms with Crippen molar-refractivity contribution < 1.29 is 4.42 Å². The van der Waals surface area contributed by atoms with Crippen LogP contribution in [-0.4, -0.2) is 0 Å². The second kappa shape index (κ2) is 11.6. The zero-order chi connectivity index (χ0) is 34.8. The van der Waals surface area contributed by atoms with E-state index in [9.17, 15) is 0 Å². The molecule has 0 aliphatic heterocycles. The van der Waals surface area contributed by atoms with Crippen molar-refractivity contribution >= 4 is 44.6 Å². The van der Waals surface area contributed by atoms with Crippen LogP contribution in [0.2, 0.25) is 0 Å². The molecule has 0 N–H and O–H groups in total. The van der Waals surface area contributed by atoms with E-state index in [1.54, 1.807) is 6.08 Å². The van der Waals surface area contributed by atoms with Crippen molar-refractivity contribution in [1.29, 1.82) is 0 Å². The molecule has 8 aromatic rings. The smallest absolute Gasteiger partial charge is 0.159 e. The van der Waals surface area contributed by atoms with Gasteiger partial charge in [0, 0.05) is 22.0 Å². The summed E-state index contributed by atoms with van der Waals surface area (Å²) < 4.78 is 6.73. The molecule has 0 bridgehead atoms. The summed E-state index contributed by atoms with van der Waals surface area (Å²) in [4.78, 5) is 2.38. The molecule has 0 radical (unpaired) electrons. The van der Waals surface area contributed by atoms with Crippen molar-refractivity contribution in [1.82, 2.24) is 0 Å². The van der Waals surface area contributed by atoms with E-state index in [2.05, 4.69) is 169 Å². The highest BCUT2D eigenvalue weighted by atomic mass is 16.3. The Morgan fingerprint density at radius 2 is 1.17 bits per heavy atom. The molecular formula is C50H33NO. The number of fused-ring (bicyclic) bond motifs is 13. The topological polar surface area (TPSA) is 16.4 Å². The summed E-state index contributed by atoms with van der Waals surface area (Å²) in [7, 11) is 0. The zero-order valence-electron chi connectivity index (χ0n) is 28.7. The number of hydrogen-bond donors (Lipinski definition) is 0. The summed E-state index contributed by atoms with van der Waals surface area (Å²) >= 11 is 0. The minimum Gasteiger partial charge on any atom is -0.454 e. The number of rotatable bonds is 5. The van der Waals surface area contributed by atoms with Gasteiger partial charge in [0.2, 0.25) is 0 Å². The number of nitrogens with zero attached hydrogens (tertiary/aromatic N) is 1. The van der Waals surface area contributed by atoms with E-state index in [0.29, 0.717) is 0 Å². The molecule has 0 atom stereocenters. The molecule has 2 aliphatic carbocycles. The normalized spacial score (nSPS) is 13.7. The maximum atomic E-state index is 6.73. The van der Waals surface area contributed by atoms with Gasteiger partial charge in [0.1, 0.15) is 5.58 Å². The summed E-state index contributed by atoms with van der Waals surface area (Å²) in [5.74, 6) is 2.62. The summed E-state index contributed by atoms with van der Waals surface area (Å²) in [5.41, 5.74) is 16.9. The van der Waals surface area contributed by atoms with Crippen molar-refractivity contribution in [2.75, 3.05) is 4.90 Å². The van der Waals surface area contributed by atoms with Crippen molar-refractivity contribution in [3.05, 3.63) is 204 Å². The maximum Gasteiger partial charge on any atom is 0.159 e. The molecule has 1 heterocycles. The van der Waals surface area contributed by atoms with Gasteiger partial charge in [-0.2, -0.15) is 0 Å². The van der Waals surface area contributed by atoms with E-state index in [-0.39, 0.29) is 0 Å². The Morgan fingerprint density at radius 1 is 0.596 bits per heavy atom. The summed E-state index contributed by atoms with van der Waals surface area (Å²) in [6.45, 7) is 2.14. The van der Waals surface area contributed by atoms with Crippen LogP contribution in [0.1, 0.15) is 34.7 Å². The largest absolute Gasteiger partial charge is 0.454 e. The Morgan fingerprint density at radius 3 is 1.88 bits per heavy atom. The van der Waals surface area contributed by atoms with Crippen LogP contribution < -0.4 is 4.90 Å².